The van der Waals surface area contributed by atoms with Gasteiger partial charge in [-0.1, -0.05) is 12.1 Å². The monoisotopic (exact) mass is 361 g/mol. The van der Waals surface area contributed by atoms with Gasteiger partial charge >= 0.3 is 6.09 Å². The number of carbonyl (C=O) groups is 2. The van der Waals surface area contributed by atoms with Crippen LogP contribution in [0.15, 0.2) is 24.3 Å². The first kappa shape index (κ1) is 18.5. The smallest absolute Gasteiger partial charge is 0.410 e. The number of amides is 2. The number of hydrogen-bond donors (Lipinski definition) is 1. The molecule has 2 fully saturated rings. The number of para-hydroxylation sites is 2. The second-order valence-electron chi connectivity index (χ2n) is 7.81. The second kappa shape index (κ2) is 7.15. The summed E-state index contributed by atoms with van der Waals surface area (Å²) in [6.07, 6.45) is -0.733. The van der Waals surface area contributed by atoms with Gasteiger partial charge in [-0.2, -0.15) is 0 Å². The lowest BCUT2D eigenvalue weighted by atomic mass is 10.2. The van der Waals surface area contributed by atoms with Gasteiger partial charge in [-0.3, -0.25) is 4.79 Å². The van der Waals surface area contributed by atoms with E-state index in [0.29, 0.717) is 32.7 Å². The van der Waals surface area contributed by atoms with Gasteiger partial charge in [0, 0.05) is 26.2 Å². The summed E-state index contributed by atoms with van der Waals surface area (Å²) in [5.74, 6) is -0.0580. The zero-order chi connectivity index (χ0) is 18.9. The van der Waals surface area contributed by atoms with Crippen LogP contribution in [-0.4, -0.2) is 66.4 Å². The van der Waals surface area contributed by atoms with E-state index in [2.05, 4.69) is 4.90 Å². The lowest BCUT2D eigenvalue weighted by Gasteiger charge is -2.38. The quantitative estimate of drug-likeness (QED) is 0.870. The Kier molecular flexibility index (Phi) is 5.09. The van der Waals surface area contributed by atoms with Crippen molar-refractivity contribution < 1.29 is 19.4 Å². The Morgan fingerprint density at radius 2 is 1.73 bits per heavy atom. The molecule has 1 unspecified atom stereocenters. The highest BCUT2D eigenvalue weighted by Gasteiger charge is 2.32. The molecule has 7 nitrogen and oxygen atoms in total. The number of aliphatic hydroxyl groups excluding tert-OH is 1. The number of rotatable bonds is 2. The molecule has 7 heteroatoms. The van der Waals surface area contributed by atoms with E-state index in [1.165, 1.54) is 0 Å². The molecule has 2 saturated heterocycles. The van der Waals surface area contributed by atoms with Crippen LogP contribution in [0.25, 0.3) is 0 Å². The molecule has 0 aromatic heterocycles. The molecule has 1 aromatic rings. The highest BCUT2D eigenvalue weighted by molar-refractivity contribution is 5.99. The molecule has 0 spiro atoms. The van der Waals surface area contributed by atoms with Crippen molar-refractivity contribution in [1.82, 2.24) is 4.90 Å². The van der Waals surface area contributed by atoms with E-state index < -0.39 is 11.7 Å². The molecular weight excluding hydrogens is 334 g/mol. The van der Waals surface area contributed by atoms with Crippen molar-refractivity contribution in [2.75, 3.05) is 42.5 Å². The first-order valence-corrected chi connectivity index (χ1v) is 9.05. The van der Waals surface area contributed by atoms with Crippen molar-refractivity contribution in [3.63, 3.8) is 0 Å². The van der Waals surface area contributed by atoms with Crippen molar-refractivity contribution in [3.05, 3.63) is 24.3 Å². The number of piperazine rings is 1. The number of ether oxygens (including phenoxy) is 1. The summed E-state index contributed by atoms with van der Waals surface area (Å²) in [6, 6.07) is 7.73. The zero-order valence-electron chi connectivity index (χ0n) is 15.6. The lowest BCUT2D eigenvalue weighted by Crippen LogP contribution is -2.50. The SMILES string of the molecule is CC(C)(C)OC(=O)N1CCN(c2ccccc2N2CC(O)CC2=O)CC1. The van der Waals surface area contributed by atoms with Gasteiger partial charge in [-0.05, 0) is 32.9 Å². The maximum atomic E-state index is 12.2. The molecule has 2 heterocycles. The maximum absolute atomic E-state index is 12.2. The Balaban J connectivity index is 1.69. The minimum atomic E-state index is -0.612. The topological polar surface area (TPSA) is 73.3 Å². The van der Waals surface area contributed by atoms with Crippen LogP contribution in [0.1, 0.15) is 27.2 Å². The summed E-state index contributed by atoms with van der Waals surface area (Å²) in [6.45, 7) is 8.38. The van der Waals surface area contributed by atoms with E-state index in [0.717, 1.165) is 11.4 Å². The summed E-state index contributed by atoms with van der Waals surface area (Å²) >= 11 is 0. The Bertz CT molecular complexity index is 678. The molecule has 0 bridgehead atoms. The first-order valence-electron chi connectivity index (χ1n) is 9.05. The van der Waals surface area contributed by atoms with E-state index in [9.17, 15) is 14.7 Å². The van der Waals surface area contributed by atoms with Crippen LogP contribution in [0.5, 0.6) is 0 Å². The molecule has 0 radical (unpaired) electrons. The highest BCUT2D eigenvalue weighted by Crippen LogP contribution is 2.33. The summed E-state index contributed by atoms with van der Waals surface area (Å²) in [4.78, 5) is 29.9. The first-order chi connectivity index (χ1) is 12.2. The summed E-state index contributed by atoms with van der Waals surface area (Å²) < 4.78 is 5.44. The number of carbonyl (C=O) groups excluding carboxylic acids is 2. The average Bonchev–Trinajstić information content (AvgIpc) is 2.92. The third kappa shape index (κ3) is 4.09. The second-order valence-corrected chi connectivity index (χ2v) is 7.81. The fourth-order valence-corrected chi connectivity index (χ4v) is 3.34. The third-order valence-electron chi connectivity index (χ3n) is 4.55. The number of aliphatic hydroxyl groups is 1. The predicted molar refractivity (Wildman–Crippen MR) is 99.4 cm³/mol. The van der Waals surface area contributed by atoms with Crippen LogP contribution in [0, 0.1) is 0 Å². The largest absolute Gasteiger partial charge is 0.444 e. The minimum absolute atomic E-state index is 0.0580. The molecule has 1 atom stereocenters. The number of anilines is 2. The van der Waals surface area contributed by atoms with Crippen molar-refractivity contribution >= 4 is 23.4 Å². The maximum Gasteiger partial charge on any atom is 0.410 e. The van der Waals surface area contributed by atoms with E-state index in [1.54, 1.807) is 9.80 Å². The fraction of sp³-hybridized carbons (Fsp3) is 0.579. The molecule has 3 rings (SSSR count). The van der Waals surface area contributed by atoms with E-state index >= 15 is 0 Å². The van der Waals surface area contributed by atoms with Crippen molar-refractivity contribution in [3.8, 4) is 0 Å². The molecule has 0 saturated carbocycles. The Morgan fingerprint density at radius 1 is 1.12 bits per heavy atom. The molecule has 142 valence electrons. The lowest BCUT2D eigenvalue weighted by molar-refractivity contribution is -0.117. The van der Waals surface area contributed by atoms with E-state index in [1.807, 2.05) is 45.0 Å². The number of hydrogen-bond acceptors (Lipinski definition) is 5. The number of nitrogens with zero attached hydrogens (tertiary/aromatic N) is 3. The normalized spacial score (nSPS) is 21.3. The standard InChI is InChI=1S/C19H27N3O4/c1-19(2,3)26-18(25)21-10-8-20(9-11-21)15-6-4-5-7-16(15)22-13-14(23)12-17(22)24/h4-7,14,23H,8-13H2,1-3H3. The molecule has 26 heavy (non-hydrogen) atoms. The molecule has 1 N–H and O–H groups in total. The molecule has 1 aromatic carbocycles. The van der Waals surface area contributed by atoms with Crippen molar-refractivity contribution in [2.45, 2.75) is 38.9 Å². The fourth-order valence-electron chi connectivity index (χ4n) is 3.34. The summed E-state index contributed by atoms with van der Waals surface area (Å²) in [7, 11) is 0. The molecular formula is C19H27N3O4. The van der Waals surface area contributed by atoms with Crippen LogP contribution in [0.4, 0.5) is 16.2 Å². The molecule has 2 amide bonds. The van der Waals surface area contributed by atoms with Gasteiger partial charge in [0.2, 0.25) is 5.91 Å². The molecule has 2 aliphatic heterocycles. The van der Waals surface area contributed by atoms with Crippen LogP contribution in [0.3, 0.4) is 0 Å². The van der Waals surface area contributed by atoms with E-state index in [4.69, 9.17) is 4.74 Å². The van der Waals surface area contributed by atoms with Crippen LogP contribution < -0.4 is 9.80 Å². The zero-order valence-corrected chi connectivity index (χ0v) is 15.6. The van der Waals surface area contributed by atoms with Crippen LogP contribution >= 0.6 is 0 Å². The van der Waals surface area contributed by atoms with Crippen molar-refractivity contribution in [1.29, 1.82) is 0 Å². The highest BCUT2D eigenvalue weighted by atomic mass is 16.6. The average molecular weight is 361 g/mol. The minimum Gasteiger partial charge on any atom is -0.444 e. The Labute approximate surface area is 154 Å². The van der Waals surface area contributed by atoms with Crippen LogP contribution in [-0.2, 0) is 9.53 Å². The Morgan fingerprint density at radius 3 is 2.27 bits per heavy atom. The van der Waals surface area contributed by atoms with Gasteiger partial charge < -0.3 is 24.5 Å². The van der Waals surface area contributed by atoms with Gasteiger partial charge in [0.25, 0.3) is 0 Å². The molecule has 2 aliphatic rings. The van der Waals surface area contributed by atoms with Gasteiger partial charge in [-0.25, -0.2) is 4.79 Å². The van der Waals surface area contributed by atoms with E-state index in [-0.39, 0.29) is 18.4 Å². The summed E-state index contributed by atoms with van der Waals surface area (Å²) in [5, 5.41) is 9.79. The number of benzene rings is 1. The Hall–Kier alpha value is -2.28. The third-order valence-corrected chi connectivity index (χ3v) is 4.55. The van der Waals surface area contributed by atoms with Gasteiger partial charge in [-0.15, -0.1) is 0 Å². The van der Waals surface area contributed by atoms with Gasteiger partial charge in [0.05, 0.1) is 30.4 Å². The summed E-state index contributed by atoms with van der Waals surface area (Å²) in [5.41, 5.74) is 1.27. The number of β-amino-alcohol motifs (C(OH)–C–C–N with tert-alkyl or cyclic N) is 1. The predicted octanol–water partition coefficient (Wildman–Crippen LogP) is 1.84. The molecule has 0 aliphatic carbocycles. The van der Waals surface area contributed by atoms with Gasteiger partial charge in [0.1, 0.15) is 5.60 Å². The van der Waals surface area contributed by atoms with Crippen LogP contribution in [0.2, 0.25) is 0 Å². The van der Waals surface area contributed by atoms with Gasteiger partial charge in [0.15, 0.2) is 0 Å². The van der Waals surface area contributed by atoms with Crippen molar-refractivity contribution in [2.24, 2.45) is 0 Å².